The maximum Gasteiger partial charge on any atom is 0.325 e. The number of imide groups is 1. The third-order valence-corrected chi connectivity index (χ3v) is 6.03. The lowest BCUT2D eigenvalue weighted by atomic mass is 9.92. The summed E-state index contributed by atoms with van der Waals surface area (Å²) in [6, 6.07) is 3.16. The van der Waals surface area contributed by atoms with Crippen LogP contribution in [-0.4, -0.2) is 46.8 Å². The van der Waals surface area contributed by atoms with E-state index in [2.05, 4.69) is 5.32 Å². The zero-order chi connectivity index (χ0) is 20.5. The van der Waals surface area contributed by atoms with Crippen LogP contribution in [-0.2, 0) is 15.1 Å². The zero-order valence-corrected chi connectivity index (χ0v) is 16.9. The molecule has 1 aromatic carbocycles. The Bertz CT molecular complexity index is 797. The van der Waals surface area contributed by atoms with Gasteiger partial charge in [0.2, 0.25) is 5.91 Å². The molecule has 2 fully saturated rings. The van der Waals surface area contributed by atoms with E-state index in [4.69, 9.17) is 11.6 Å². The number of halogens is 2. The van der Waals surface area contributed by atoms with Crippen molar-refractivity contribution in [1.29, 1.82) is 0 Å². The smallest absolute Gasteiger partial charge is 0.325 e. The van der Waals surface area contributed by atoms with E-state index in [0.29, 0.717) is 12.1 Å². The lowest BCUT2D eigenvalue weighted by Crippen LogP contribution is -2.48. The summed E-state index contributed by atoms with van der Waals surface area (Å²) in [5.74, 6) is -1.35. The van der Waals surface area contributed by atoms with Crippen LogP contribution in [0.1, 0.15) is 51.5 Å². The van der Waals surface area contributed by atoms with Crippen LogP contribution in [0.2, 0.25) is 5.02 Å². The average molecular weight is 410 g/mol. The molecule has 8 heteroatoms. The molecule has 28 heavy (non-hydrogen) atoms. The van der Waals surface area contributed by atoms with Gasteiger partial charge in [0.25, 0.3) is 5.91 Å². The number of hydrogen-bond donors (Lipinski definition) is 1. The molecule has 0 spiro atoms. The summed E-state index contributed by atoms with van der Waals surface area (Å²) in [4.78, 5) is 41.0. The maximum absolute atomic E-state index is 13.4. The van der Waals surface area contributed by atoms with Gasteiger partial charge >= 0.3 is 6.03 Å². The highest BCUT2D eigenvalue weighted by Crippen LogP contribution is 2.34. The fourth-order valence-corrected chi connectivity index (χ4v) is 4.53. The van der Waals surface area contributed by atoms with Gasteiger partial charge in [-0.05, 0) is 38.8 Å². The van der Waals surface area contributed by atoms with Crippen LogP contribution in [0, 0.1) is 5.82 Å². The zero-order valence-electron chi connectivity index (χ0n) is 16.1. The van der Waals surface area contributed by atoms with Crippen molar-refractivity contribution in [3.05, 3.63) is 34.6 Å². The molecule has 1 aromatic rings. The molecule has 1 aliphatic carbocycles. The van der Waals surface area contributed by atoms with Gasteiger partial charge in [0, 0.05) is 23.2 Å². The quantitative estimate of drug-likeness (QED) is 0.757. The van der Waals surface area contributed by atoms with Gasteiger partial charge in [-0.3, -0.25) is 14.5 Å². The lowest BCUT2D eigenvalue weighted by molar-refractivity contribution is -0.140. The van der Waals surface area contributed by atoms with Crippen LogP contribution >= 0.6 is 11.6 Å². The molecular formula is C20H25ClFN3O3. The lowest BCUT2D eigenvalue weighted by Gasteiger charge is -2.34. The van der Waals surface area contributed by atoms with E-state index >= 15 is 0 Å². The highest BCUT2D eigenvalue weighted by molar-refractivity contribution is 6.32. The van der Waals surface area contributed by atoms with Crippen LogP contribution in [0.4, 0.5) is 9.18 Å². The Morgan fingerprint density at radius 2 is 2.00 bits per heavy atom. The molecule has 1 heterocycles. The molecule has 4 amide bonds. The number of urea groups is 1. The van der Waals surface area contributed by atoms with Crippen molar-refractivity contribution in [2.75, 3.05) is 13.1 Å². The highest BCUT2D eigenvalue weighted by atomic mass is 35.5. The average Bonchev–Trinajstić information content (AvgIpc) is 2.87. The van der Waals surface area contributed by atoms with Crippen molar-refractivity contribution in [2.24, 2.45) is 0 Å². The molecule has 6 nitrogen and oxygen atoms in total. The largest absolute Gasteiger partial charge is 0.338 e. The molecule has 1 N–H and O–H groups in total. The summed E-state index contributed by atoms with van der Waals surface area (Å²) < 4.78 is 13.4. The Hall–Kier alpha value is -2.15. The molecule has 1 saturated heterocycles. The number of carbonyl (C=O) groups excluding carboxylic acids is 3. The molecule has 3 rings (SSSR count). The monoisotopic (exact) mass is 409 g/mol. The number of benzene rings is 1. The number of nitrogens with one attached hydrogen (secondary N) is 1. The Morgan fingerprint density at radius 1 is 1.32 bits per heavy atom. The van der Waals surface area contributed by atoms with Crippen molar-refractivity contribution in [3.8, 4) is 0 Å². The molecule has 0 bridgehead atoms. The number of nitrogens with zero attached hydrogens (tertiary/aromatic N) is 2. The molecule has 0 aromatic heterocycles. The molecule has 1 aliphatic heterocycles. The van der Waals surface area contributed by atoms with E-state index in [0.717, 1.165) is 36.6 Å². The molecule has 0 radical (unpaired) electrons. The predicted molar refractivity (Wildman–Crippen MR) is 103 cm³/mol. The van der Waals surface area contributed by atoms with Crippen LogP contribution in [0.15, 0.2) is 18.2 Å². The standard InChI is InChI=1S/C20H25ClFN3O3/c1-3-24(14-7-5-4-6-8-14)17(26)12-25-18(27)20(2,23-19(25)28)15-10-9-13(22)11-16(15)21/h9-11,14H,3-8,12H2,1-2H3,(H,23,28). The third-order valence-electron chi connectivity index (χ3n) is 5.71. The van der Waals surface area contributed by atoms with E-state index in [1.54, 1.807) is 4.90 Å². The van der Waals surface area contributed by atoms with Crippen molar-refractivity contribution in [1.82, 2.24) is 15.1 Å². The van der Waals surface area contributed by atoms with Gasteiger partial charge in [0.1, 0.15) is 17.9 Å². The van der Waals surface area contributed by atoms with E-state index in [1.165, 1.54) is 25.5 Å². The van der Waals surface area contributed by atoms with Gasteiger partial charge in [-0.25, -0.2) is 9.18 Å². The van der Waals surface area contributed by atoms with Crippen molar-refractivity contribution >= 4 is 29.4 Å². The number of amides is 4. The summed E-state index contributed by atoms with van der Waals surface area (Å²) in [6.45, 7) is 3.63. The summed E-state index contributed by atoms with van der Waals surface area (Å²) in [5.41, 5.74) is -1.15. The predicted octanol–water partition coefficient (Wildman–Crippen LogP) is 3.43. The molecule has 1 atom stereocenters. The topological polar surface area (TPSA) is 69.7 Å². The van der Waals surface area contributed by atoms with Gasteiger partial charge in [-0.1, -0.05) is 36.9 Å². The normalized spacial score (nSPS) is 23.1. The van der Waals surface area contributed by atoms with Crippen molar-refractivity contribution < 1.29 is 18.8 Å². The second-order valence-corrected chi connectivity index (χ2v) is 7.95. The fourth-order valence-electron chi connectivity index (χ4n) is 4.18. The molecule has 152 valence electrons. The van der Waals surface area contributed by atoms with Gasteiger partial charge in [-0.2, -0.15) is 0 Å². The first-order valence-corrected chi connectivity index (χ1v) is 10.0. The van der Waals surface area contributed by atoms with Crippen LogP contribution < -0.4 is 5.32 Å². The van der Waals surface area contributed by atoms with Crippen molar-refractivity contribution in [2.45, 2.75) is 57.5 Å². The first-order chi connectivity index (χ1) is 13.3. The van der Waals surface area contributed by atoms with Gasteiger partial charge in [-0.15, -0.1) is 0 Å². The second-order valence-electron chi connectivity index (χ2n) is 7.54. The Balaban J connectivity index is 1.78. The van der Waals surface area contributed by atoms with Gasteiger partial charge in [0.15, 0.2) is 0 Å². The van der Waals surface area contributed by atoms with E-state index in [9.17, 15) is 18.8 Å². The Morgan fingerprint density at radius 3 is 2.61 bits per heavy atom. The Labute approximate surface area is 169 Å². The molecule has 1 unspecified atom stereocenters. The second kappa shape index (κ2) is 8.07. The summed E-state index contributed by atoms with van der Waals surface area (Å²) in [6.07, 6.45) is 5.23. The summed E-state index contributed by atoms with van der Waals surface area (Å²) >= 11 is 6.10. The van der Waals surface area contributed by atoms with Crippen molar-refractivity contribution in [3.63, 3.8) is 0 Å². The minimum absolute atomic E-state index is 0.0433. The van der Waals surface area contributed by atoms with Crippen LogP contribution in [0.5, 0.6) is 0 Å². The first kappa shape index (κ1) is 20.6. The first-order valence-electron chi connectivity index (χ1n) is 9.67. The number of rotatable bonds is 5. The Kier molecular flexibility index (Phi) is 5.93. The van der Waals surface area contributed by atoms with E-state index < -0.39 is 23.3 Å². The SMILES string of the molecule is CCN(C(=O)CN1C(=O)NC(C)(c2ccc(F)cc2Cl)C1=O)C1CCCCC1. The summed E-state index contributed by atoms with van der Waals surface area (Å²) in [7, 11) is 0. The number of carbonyl (C=O) groups is 3. The molecule has 2 aliphatic rings. The van der Waals surface area contributed by atoms with E-state index in [-0.39, 0.29) is 23.5 Å². The van der Waals surface area contributed by atoms with E-state index in [1.807, 2.05) is 6.92 Å². The van der Waals surface area contributed by atoms with Gasteiger partial charge < -0.3 is 10.2 Å². The molecular weight excluding hydrogens is 385 g/mol. The molecule has 1 saturated carbocycles. The minimum Gasteiger partial charge on any atom is -0.338 e. The van der Waals surface area contributed by atoms with Gasteiger partial charge in [0.05, 0.1) is 0 Å². The minimum atomic E-state index is -1.44. The maximum atomic E-state index is 13.4. The fraction of sp³-hybridized carbons (Fsp3) is 0.550. The number of hydrogen-bond acceptors (Lipinski definition) is 3. The van der Waals surface area contributed by atoms with Crippen LogP contribution in [0.3, 0.4) is 0 Å². The third kappa shape index (κ3) is 3.72. The number of likely N-dealkylation sites (N-methyl/N-ethyl adjacent to an activating group) is 1. The summed E-state index contributed by atoms with van der Waals surface area (Å²) in [5, 5.41) is 2.65. The highest BCUT2D eigenvalue weighted by Gasteiger charge is 2.50. The van der Waals surface area contributed by atoms with Crippen LogP contribution in [0.25, 0.3) is 0 Å².